The van der Waals surface area contributed by atoms with Gasteiger partial charge in [-0.15, -0.1) is 0 Å². The molecule has 2 heteroatoms. The Morgan fingerprint density at radius 1 is 1.25 bits per heavy atom. The van der Waals surface area contributed by atoms with Crippen molar-refractivity contribution >= 4 is 5.78 Å². The van der Waals surface area contributed by atoms with Gasteiger partial charge in [-0.2, -0.15) is 0 Å². The lowest BCUT2D eigenvalue weighted by atomic mass is 9.97. The van der Waals surface area contributed by atoms with Crippen molar-refractivity contribution in [1.29, 1.82) is 0 Å². The second-order valence-corrected chi connectivity index (χ2v) is 4.03. The molecule has 16 heavy (non-hydrogen) atoms. The predicted molar refractivity (Wildman–Crippen MR) is 65.7 cm³/mol. The molecule has 0 saturated heterocycles. The zero-order valence-corrected chi connectivity index (χ0v) is 10.4. The van der Waals surface area contributed by atoms with Crippen LogP contribution in [0.4, 0.5) is 0 Å². The summed E-state index contributed by atoms with van der Waals surface area (Å²) in [5, 5.41) is 0. The molecule has 1 aromatic rings. The number of carbonyl (C=O) groups is 1. The Morgan fingerprint density at radius 2 is 1.88 bits per heavy atom. The van der Waals surface area contributed by atoms with Crippen LogP contribution in [0.15, 0.2) is 18.2 Å². The molecule has 0 N–H and O–H groups in total. The van der Waals surface area contributed by atoms with Gasteiger partial charge in [0.05, 0.1) is 6.61 Å². The predicted octanol–water partition coefficient (Wildman–Crippen LogP) is 2.84. The lowest BCUT2D eigenvalue weighted by Crippen LogP contribution is -2.09. The molecule has 0 atom stereocenters. The first-order chi connectivity index (χ1) is 7.65. The summed E-state index contributed by atoms with van der Waals surface area (Å²) in [7, 11) is 0. The van der Waals surface area contributed by atoms with Crippen LogP contribution in [0, 0.1) is 13.8 Å². The monoisotopic (exact) mass is 220 g/mol. The van der Waals surface area contributed by atoms with Crippen molar-refractivity contribution in [2.24, 2.45) is 0 Å². The summed E-state index contributed by atoms with van der Waals surface area (Å²) >= 11 is 0. The highest BCUT2D eigenvalue weighted by Gasteiger charge is 2.08. The Labute approximate surface area is 97.6 Å². The van der Waals surface area contributed by atoms with Crippen LogP contribution < -0.4 is 0 Å². The summed E-state index contributed by atoms with van der Waals surface area (Å²) in [6.45, 7) is 7.27. The van der Waals surface area contributed by atoms with Crippen LogP contribution in [0.5, 0.6) is 0 Å². The van der Waals surface area contributed by atoms with Crippen LogP contribution >= 0.6 is 0 Å². The first-order valence-electron chi connectivity index (χ1n) is 5.79. The van der Waals surface area contributed by atoms with Gasteiger partial charge in [0.2, 0.25) is 0 Å². The van der Waals surface area contributed by atoms with E-state index < -0.39 is 0 Å². The molecule has 1 aromatic carbocycles. The van der Waals surface area contributed by atoms with E-state index in [1.54, 1.807) is 0 Å². The van der Waals surface area contributed by atoms with Gasteiger partial charge in [0.25, 0.3) is 0 Å². The SMILES string of the molecule is CCOCCC(=O)Cc1c(C)cccc1C. The van der Waals surface area contributed by atoms with E-state index in [0.717, 1.165) is 0 Å². The van der Waals surface area contributed by atoms with Gasteiger partial charge in [-0.1, -0.05) is 18.2 Å². The Hall–Kier alpha value is -1.15. The molecule has 0 fully saturated rings. The summed E-state index contributed by atoms with van der Waals surface area (Å²) in [6, 6.07) is 6.13. The Morgan fingerprint density at radius 3 is 2.44 bits per heavy atom. The first kappa shape index (κ1) is 12.9. The number of rotatable bonds is 6. The number of ether oxygens (including phenoxy) is 1. The molecule has 0 aliphatic rings. The van der Waals surface area contributed by atoms with E-state index in [1.165, 1.54) is 16.7 Å². The van der Waals surface area contributed by atoms with Gasteiger partial charge < -0.3 is 4.74 Å². The second-order valence-electron chi connectivity index (χ2n) is 4.03. The van der Waals surface area contributed by atoms with Crippen molar-refractivity contribution in [2.75, 3.05) is 13.2 Å². The van der Waals surface area contributed by atoms with Crippen molar-refractivity contribution in [3.63, 3.8) is 0 Å². The Balaban J connectivity index is 2.56. The Kier molecular flexibility index (Phi) is 5.20. The van der Waals surface area contributed by atoms with Crippen molar-refractivity contribution in [2.45, 2.75) is 33.6 Å². The molecule has 0 spiro atoms. The van der Waals surface area contributed by atoms with Gasteiger partial charge in [-0.3, -0.25) is 4.79 Å². The molecule has 2 nitrogen and oxygen atoms in total. The molecule has 0 aliphatic carbocycles. The third-order valence-corrected chi connectivity index (χ3v) is 2.75. The summed E-state index contributed by atoms with van der Waals surface area (Å²) < 4.78 is 5.18. The van der Waals surface area contributed by atoms with Crippen LogP contribution in [0.25, 0.3) is 0 Å². The fourth-order valence-corrected chi connectivity index (χ4v) is 1.74. The highest BCUT2D eigenvalue weighted by molar-refractivity contribution is 5.81. The van der Waals surface area contributed by atoms with Crippen LogP contribution in [0.2, 0.25) is 0 Å². The number of benzene rings is 1. The molecular weight excluding hydrogens is 200 g/mol. The molecule has 0 amide bonds. The van der Waals surface area contributed by atoms with Crippen molar-refractivity contribution in [3.8, 4) is 0 Å². The zero-order valence-electron chi connectivity index (χ0n) is 10.4. The standard InChI is InChI=1S/C14H20O2/c1-4-16-9-8-13(15)10-14-11(2)6-5-7-12(14)3/h5-7H,4,8-10H2,1-3H3. The van der Waals surface area contributed by atoms with E-state index in [2.05, 4.69) is 26.0 Å². The van der Waals surface area contributed by atoms with Gasteiger partial charge in [-0.05, 0) is 37.5 Å². The molecule has 0 saturated carbocycles. The third kappa shape index (κ3) is 3.78. The van der Waals surface area contributed by atoms with E-state index in [4.69, 9.17) is 4.74 Å². The number of hydrogen-bond donors (Lipinski definition) is 0. The average molecular weight is 220 g/mol. The van der Waals surface area contributed by atoms with E-state index in [9.17, 15) is 4.79 Å². The first-order valence-corrected chi connectivity index (χ1v) is 5.79. The highest BCUT2D eigenvalue weighted by atomic mass is 16.5. The van der Waals surface area contributed by atoms with Gasteiger partial charge in [0.15, 0.2) is 0 Å². The second kappa shape index (κ2) is 6.44. The lowest BCUT2D eigenvalue weighted by Gasteiger charge is -2.08. The number of hydrogen-bond acceptors (Lipinski definition) is 2. The minimum absolute atomic E-state index is 0.255. The number of Topliss-reactive ketones (excluding diaryl/α,β-unsaturated/α-hetero) is 1. The van der Waals surface area contributed by atoms with Gasteiger partial charge >= 0.3 is 0 Å². The molecule has 88 valence electrons. The number of ketones is 1. The maximum absolute atomic E-state index is 11.7. The Bertz CT molecular complexity index is 336. The van der Waals surface area contributed by atoms with Gasteiger partial charge in [-0.25, -0.2) is 0 Å². The molecule has 0 bridgehead atoms. The largest absolute Gasteiger partial charge is 0.381 e. The molecule has 0 aromatic heterocycles. The zero-order chi connectivity index (χ0) is 12.0. The van der Waals surface area contributed by atoms with E-state index >= 15 is 0 Å². The minimum Gasteiger partial charge on any atom is -0.381 e. The third-order valence-electron chi connectivity index (χ3n) is 2.75. The number of carbonyl (C=O) groups excluding carboxylic acids is 1. The average Bonchev–Trinajstić information content (AvgIpc) is 2.24. The van der Waals surface area contributed by atoms with Crippen LogP contribution in [-0.2, 0) is 16.0 Å². The fraction of sp³-hybridized carbons (Fsp3) is 0.500. The van der Waals surface area contributed by atoms with Crippen molar-refractivity contribution < 1.29 is 9.53 Å². The van der Waals surface area contributed by atoms with Crippen molar-refractivity contribution in [3.05, 3.63) is 34.9 Å². The quantitative estimate of drug-likeness (QED) is 0.689. The minimum atomic E-state index is 0.255. The topological polar surface area (TPSA) is 26.3 Å². The normalized spacial score (nSPS) is 10.4. The molecule has 1 rings (SSSR count). The van der Waals surface area contributed by atoms with E-state index in [1.807, 2.05) is 13.0 Å². The maximum Gasteiger partial charge on any atom is 0.139 e. The number of aryl methyl sites for hydroxylation is 2. The summed E-state index contributed by atoms with van der Waals surface area (Å²) in [5.41, 5.74) is 3.57. The summed E-state index contributed by atoms with van der Waals surface area (Å²) in [5.74, 6) is 0.255. The van der Waals surface area contributed by atoms with Crippen molar-refractivity contribution in [1.82, 2.24) is 0 Å². The maximum atomic E-state index is 11.7. The molecule has 0 radical (unpaired) electrons. The summed E-state index contributed by atoms with van der Waals surface area (Å²) in [6.07, 6.45) is 1.05. The lowest BCUT2D eigenvalue weighted by molar-refractivity contribution is -0.119. The fourth-order valence-electron chi connectivity index (χ4n) is 1.74. The van der Waals surface area contributed by atoms with E-state index in [-0.39, 0.29) is 5.78 Å². The molecule has 0 heterocycles. The molecular formula is C14H20O2. The summed E-state index contributed by atoms with van der Waals surface area (Å²) in [4.78, 5) is 11.7. The van der Waals surface area contributed by atoms with Gasteiger partial charge in [0.1, 0.15) is 5.78 Å². The smallest absolute Gasteiger partial charge is 0.139 e. The van der Waals surface area contributed by atoms with Crippen LogP contribution in [0.1, 0.15) is 30.0 Å². The van der Waals surface area contributed by atoms with Gasteiger partial charge in [0, 0.05) is 19.4 Å². The van der Waals surface area contributed by atoms with E-state index in [0.29, 0.717) is 26.1 Å². The molecule has 0 aliphatic heterocycles. The van der Waals surface area contributed by atoms with Crippen LogP contribution in [0.3, 0.4) is 0 Å². The molecule has 0 unspecified atom stereocenters. The highest BCUT2D eigenvalue weighted by Crippen LogP contribution is 2.14. The van der Waals surface area contributed by atoms with Crippen LogP contribution in [-0.4, -0.2) is 19.0 Å².